The van der Waals surface area contributed by atoms with Crippen molar-refractivity contribution in [2.75, 3.05) is 0 Å². The standard InChI is InChI=1S/C14H9F4N3/c15-13(14(16,17)18)10-3-1-2-9(6-10)11-7-19-12-4-5-20-21(12)8-11/h1-8,13H. The summed E-state index contributed by atoms with van der Waals surface area (Å²) in [6.45, 7) is 0. The van der Waals surface area contributed by atoms with Crippen LogP contribution in [-0.2, 0) is 0 Å². The van der Waals surface area contributed by atoms with Crippen molar-refractivity contribution in [1.82, 2.24) is 14.6 Å². The summed E-state index contributed by atoms with van der Waals surface area (Å²) in [5.74, 6) is 0. The Morgan fingerprint density at radius 2 is 1.90 bits per heavy atom. The van der Waals surface area contributed by atoms with Crippen molar-refractivity contribution in [2.24, 2.45) is 0 Å². The fourth-order valence-electron chi connectivity index (χ4n) is 2.02. The van der Waals surface area contributed by atoms with Gasteiger partial charge in [-0.15, -0.1) is 0 Å². The van der Waals surface area contributed by atoms with Gasteiger partial charge in [0, 0.05) is 24.0 Å². The molecule has 2 heterocycles. The molecule has 0 amide bonds. The molecule has 0 saturated heterocycles. The van der Waals surface area contributed by atoms with Gasteiger partial charge in [0.1, 0.15) is 0 Å². The van der Waals surface area contributed by atoms with E-state index < -0.39 is 17.9 Å². The Labute approximate surface area is 116 Å². The van der Waals surface area contributed by atoms with Crippen LogP contribution in [0.4, 0.5) is 17.6 Å². The topological polar surface area (TPSA) is 30.2 Å². The first kappa shape index (κ1) is 13.5. The Kier molecular flexibility index (Phi) is 3.12. The largest absolute Gasteiger partial charge is 0.423 e. The monoisotopic (exact) mass is 295 g/mol. The van der Waals surface area contributed by atoms with E-state index in [2.05, 4.69) is 10.1 Å². The van der Waals surface area contributed by atoms with Gasteiger partial charge in [-0.05, 0) is 17.2 Å². The normalized spacial score (nSPS) is 13.5. The second-order valence-electron chi connectivity index (χ2n) is 4.51. The third-order valence-electron chi connectivity index (χ3n) is 3.05. The van der Waals surface area contributed by atoms with E-state index in [0.29, 0.717) is 16.8 Å². The Bertz CT molecular complexity index is 779. The van der Waals surface area contributed by atoms with Crippen LogP contribution < -0.4 is 0 Å². The first-order valence-electron chi connectivity index (χ1n) is 6.06. The SMILES string of the molecule is FC(c1cccc(-c2cnc3ccnn3c2)c1)C(F)(F)F. The Morgan fingerprint density at radius 3 is 2.67 bits per heavy atom. The average Bonchev–Trinajstić information content (AvgIpc) is 2.93. The number of hydrogen-bond donors (Lipinski definition) is 0. The Hall–Kier alpha value is -2.44. The number of rotatable bonds is 2. The van der Waals surface area contributed by atoms with Crippen molar-refractivity contribution in [1.29, 1.82) is 0 Å². The van der Waals surface area contributed by atoms with Crippen molar-refractivity contribution in [3.8, 4) is 11.1 Å². The highest BCUT2D eigenvalue weighted by Gasteiger charge is 2.41. The fourth-order valence-corrected chi connectivity index (χ4v) is 2.02. The van der Waals surface area contributed by atoms with Gasteiger partial charge in [0.15, 0.2) is 5.65 Å². The average molecular weight is 295 g/mol. The van der Waals surface area contributed by atoms with Crippen LogP contribution in [0.3, 0.4) is 0 Å². The number of aromatic nitrogens is 3. The summed E-state index contributed by atoms with van der Waals surface area (Å²) in [7, 11) is 0. The van der Waals surface area contributed by atoms with E-state index in [1.54, 1.807) is 24.5 Å². The van der Waals surface area contributed by atoms with Gasteiger partial charge in [-0.3, -0.25) is 0 Å². The maximum atomic E-state index is 13.4. The van der Waals surface area contributed by atoms with Crippen LogP contribution in [0.15, 0.2) is 48.9 Å². The van der Waals surface area contributed by atoms with E-state index in [1.165, 1.54) is 22.8 Å². The minimum Gasteiger partial charge on any atom is -0.236 e. The first-order valence-corrected chi connectivity index (χ1v) is 6.06. The molecule has 3 aromatic rings. The van der Waals surface area contributed by atoms with Gasteiger partial charge >= 0.3 is 6.18 Å². The van der Waals surface area contributed by atoms with E-state index in [9.17, 15) is 17.6 Å². The molecule has 0 radical (unpaired) electrons. The number of alkyl halides is 4. The molecular formula is C14H9F4N3. The summed E-state index contributed by atoms with van der Waals surface area (Å²) >= 11 is 0. The first-order chi connectivity index (χ1) is 9.95. The Morgan fingerprint density at radius 1 is 1.10 bits per heavy atom. The lowest BCUT2D eigenvalue weighted by Gasteiger charge is -2.13. The van der Waals surface area contributed by atoms with E-state index >= 15 is 0 Å². The molecule has 0 saturated carbocycles. The van der Waals surface area contributed by atoms with E-state index in [4.69, 9.17) is 0 Å². The number of nitrogens with zero attached hydrogens (tertiary/aromatic N) is 3. The van der Waals surface area contributed by atoms with Gasteiger partial charge in [0.05, 0.1) is 6.20 Å². The highest BCUT2D eigenvalue weighted by Crippen LogP contribution is 2.37. The van der Waals surface area contributed by atoms with Crippen molar-refractivity contribution >= 4 is 5.65 Å². The second kappa shape index (κ2) is 4.83. The van der Waals surface area contributed by atoms with Gasteiger partial charge < -0.3 is 0 Å². The van der Waals surface area contributed by atoms with Crippen LogP contribution >= 0.6 is 0 Å². The second-order valence-corrected chi connectivity index (χ2v) is 4.51. The van der Waals surface area contributed by atoms with Crippen molar-refractivity contribution in [3.05, 3.63) is 54.5 Å². The zero-order valence-electron chi connectivity index (χ0n) is 10.5. The molecule has 0 spiro atoms. The Balaban J connectivity index is 2.02. The van der Waals surface area contributed by atoms with E-state index in [-0.39, 0.29) is 0 Å². The molecule has 0 fully saturated rings. The minimum atomic E-state index is -4.91. The van der Waals surface area contributed by atoms with Crippen molar-refractivity contribution < 1.29 is 17.6 Å². The van der Waals surface area contributed by atoms with Gasteiger partial charge in [-0.2, -0.15) is 18.3 Å². The molecule has 0 aliphatic carbocycles. The molecule has 3 rings (SSSR count). The molecule has 0 aliphatic heterocycles. The molecular weight excluding hydrogens is 286 g/mol. The minimum absolute atomic E-state index is 0.430. The van der Waals surface area contributed by atoms with Crippen LogP contribution in [0.2, 0.25) is 0 Å². The van der Waals surface area contributed by atoms with Gasteiger partial charge in [0.25, 0.3) is 0 Å². The molecule has 2 aromatic heterocycles. The highest BCUT2D eigenvalue weighted by molar-refractivity contribution is 5.63. The summed E-state index contributed by atoms with van der Waals surface area (Å²) < 4.78 is 52.2. The number of hydrogen-bond acceptors (Lipinski definition) is 2. The van der Waals surface area contributed by atoms with Crippen molar-refractivity contribution in [2.45, 2.75) is 12.3 Å². The lowest BCUT2D eigenvalue weighted by molar-refractivity contribution is -0.182. The maximum absolute atomic E-state index is 13.4. The molecule has 3 nitrogen and oxygen atoms in total. The summed E-state index contributed by atoms with van der Waals surface area (Å²) in [5, 5.41) is 4.00. The fraction of sp³-hybridized carbons (Fsp3) is 0.143. The molecule has 108 valence electrons. The van der Waals surface area contributed by atoms with E-state index in [1.807, 2.05) is 0 Å². The van der Waals surface area contributed by atoms with Gasteiger partial charge in [-0.1, -0.05) is 18.2 Å². The van der Waals surface area contributed by atoms with Gasteiger partial charge in [0.2, 0.25) is 6.17 Å². The molecule has 21 heavy (non-hydrogen) atoms. The molecule has 1 aromatic carbocycles. The highest BCUT2D eigenvalue weighted by atomic mass is 19.4. The number of fused-ring (bicyclic) bond motifs is 1. The van der Waals surface area contributed by atoms with Crippen LogP contribution in [0.5, 0.6) is 0 Å². The third kappa shape index (κ3) is 2.58. The van der Waals surface area contributed by atoms with Crippen LogP contribution in [-0.4, -0.2) is 20.8 Å². The third-order valence-corrected chi connectivity index (χ3v) is 3.05. The van der Waals surface area contributed by atoms with Gasteiger partial charge in [-0.25, -0.2) is 13.9 Å². The predicted molar refractivity (Wildman–Crippen MR) is 68.3 cm³/mol. The molecule has 0 N–H and O–H groups in total. The quantitative estimate of drug-likeness (QED) is 0.670. The molecule has 7 heteroatoms. The zero-order chi connectivity index (χ0) is 15.0. The van der Waals surface area contributed by atoms with Crippen LogP contribution in [0.1, 0.15) is 11.7 Å². The number of halogens is 4. The number of benzene rings is 1. The lowest BCUT2D eigenvalue weighted by atomic mass is 10.0. The molecule has 0 bridgehead atoms. The summed E-state index contributed by atoms with van der Waals surface area (Å²) in [6.07, 6.45) is -3.22. The smallest absolute Gasteiger partial charge is 0.236 e. The summed E-state index contributed by atoms with van der Waals surface area (Å²) in [4.78, 5) is 4.13. The zero-order valence-corrected chi connectivity index (χ0v) is 10.5. The maximum Gasteiger partial charge on any atom is 0.423 e. The summed E-state index contributed by atoms with van der Waals surface area (Å²) in [6, 6.07) is 6.96. The van der Waals surface area contributed by atoms with Crippen molar-refractivity contribution in [3.63, 3.8) is 0 Å². The molecule has 1 unspecified atom stereocenters. The van der Waals surface area contributed by atoms with Crippen LogP contribution in [0, 0.1) is 0 Å². The molecule has 0 aliphatic rings. The lowest BCUT2D eigenvalue weighted by Crippen LogP contribution is -2.16. The summed E-state index contributed by atoms with van der Waals surface area (Å²) in [5.41, 5.74) is 1.20. The predicted octanol–water partition coefficient (Wildman–Crippen LogP) is 3.97. The van der Waals surface area contributed by atoms with Crippen LogP contribution in [0.25, 0.3) is 16.8 Å². The molecule has 1 atom stereocenters. The van der Waals surface area contributed by atoms with E-state index in [0.717, 1.165) is 6.07 Å².